The number of benzene rings is 6. The second-order valence-corrected chi connectivity index (χ2v) is 16.3. The van der Waals surface area contributed by atoms with Crippen LogP contribution < -0.4 is 10.4 Å². The molecule has 0 aliphatic carbocycles. The Morgan fingerprint density at radius 3 is 1.27 bits per heavy atom. The van der Waals surface area contributed by atoms with E-state index in [9.17, 15) is 0 Å². The number of hydrogen-bond acceptors (Lipinski definition) is 0. The summed E-state index contributed by atoms with van der Waals surface area (Å²) in [7, 11) is -1.96. The maximum Gasteiger partial charge on any atom is 4.00 e. The largest absolute Gasteiger partial charge is 4.00 e. The summed E-state index contributed by atoms with van der Waals surface area (Å²) in [5.74, 6) is 0. The van der Waals surface area contributed by atoms with Gasteiger partial charge in [0.05, 0.1) is 8.07 Å². The van der Waals surface area contributed by atoms with Crippen LogP contribution in [-0.4, -0.2) is 8.07 Å². The Kier molecular flexibility index (Phi) is 8.80. The van der Waals surface area contributed by atoms with Gasteiger partial charge in [-0.05, 0) is 44.8 Å². The molecule has 8 aromatic carbocycles. The van der Waals surface area contributed by atoms with Crippen molar-refractivity contribution in [2.24, 2.45) is 0 Å². The van der Waals surface area contributed by atoms with E-state index in [0.717, 1.165) is 0 Å². The van der Waals surface area contributed by atoms with Gasteiger partial charge in [-0.3, -0.25) is 0 Å². The van der Waals surface area contributed by atoms with Gasteiger partial charge in [-0.25, -0.2) is 0 Å². The summed E-state index contributed by atoms with van der Waals surface area (Å²) in [4.78, 5) is 0. The van der Waals surface area contributed by atoms with Crippen molar-refractivity contribution in [2.75, 3.05) is 0 Å². The first kappa shape index (κ1) is 31.6. The van der Waals surface area contributed by atoms with E-state index in [2.05, 4.69) is 159 Å². The maximum atomic E-state index is 2.50. The predicted molar refractivity (Wildman–Crippen MR) is 195 cm³/mol. The van der Waals surface area contributed by atoms with Gasteiger partial charge in [-0.2, -0.15) is 12.1 Å². The Balaban J connectivity index is 0.00000128. The van der Waals surface area contributed by atoms with Crippen molar-refractivity contribution in [3.8, 4) is 22.3 Å². The van der Waals surface area contributed by atoms with E-state index in [0.29, 0.717) is 0 Å². The SMILES string of the molecule is C[Si](C)(c1cc2c(-c3ccc4ccccc4c3)cccc2[cH-]1)c1cc2c(-c3ccc4ccccc4c3)cccc2[cH-]1.[CH3-].[CH3-].[Hf+4]. The zero-order chi connectivity index (χ0) is 27.6. The van der Waals surface area contributed by atoms with Crippen LogP contribution in [0.4, 0.5) is 0 Å². The first-order valence-electron chi connectivity index (χ1n) is 14.4. The van der Waals surface area contributed by atoms with Gasteiger partial charge in [0.15, 0.2) is 0 Å². The van der Waals surface area contributed by atoms with Crippen molar-refractivity contribution >= 4 is 61.5 Å². The molecule has 0 aliphatic rings. The van der Waals surface area contributed by atoms with Gasteiger partial charge in [0.2, 0.25) is 0 Å². The van der Waals surface area contributed by atoms with Gasteiger partial charge in [-0.15, -0.1) is 68.3 Å². The third-order valence-corrected chi connectivity index (χ3v) is 12.5. The van der Waals surface area contributed by atoms with Crippen molar-refractivity contribution < 1.29 is 25.8 Å². The molecule has 0 radical (unpaired) electrons. The van der Waals surface area contributed by atoms with Gasteiger partial charge >= 0.3 is 25.8 Å². The minimum absolute atomic E-state index is 0. The molecule has 0 aliphatic heterocycles. The summed E-state index contributed by atoms with van der Waals surface area (Å²) in [6, 6.07) is 54.3. The predicted octanol–water partition coefficient (Wildman–Crippen LogP) is 10.8. The normalized spacial score (nSPS) is 11.3. The quantitative estimate of drug-likeness (QED) is 0.124. The molecular weight excluding hydrogens is 711 g/mol. The monoisotopic (exact) mass is 748 g/mol. The third-order valence-electron chi connectivity index (χ3n) is 9.07. The summed E-state index contributed by atoms with van der Waals surface area (Å²) in [6.45, 7) is 5.00. The van der Waals surface area contributed by atoms with E-state index in [-0.39, 0.29) is 40.7 Å². The summed E-state index contributed by atoms with van der Waals surface area (Å²) >= 11 is 0. The standard InChI is InChI=1S/C40H30Si.2CH3.Hf/c1-41(2,35-23-31-13-7-15-37(39(31)25-35)33-19-17-27-9-3-5-11-29(27)21-33)36-24-32-14-8-16-38(40(32)26-36)34-20-18-28-10-4-6-12-30(28)22-34;;;/h3-26H,1-2H3;2*1H3;/q-2;2*-1;+4. The number of fused-ring (bicyclic) bond motifs is 4. The van der Waals surface area contributed by atoms with E-state index in [4.69, 9.17) is 0 Å². The molecule has 0 bridgehead atoms. The zero-order valence-electron chi connectivity index (χ0n) is 25.9. The van der Waals surface area contributed by atoms with Crippen LogP contribution in [0, 0.1) is 14.9 Å². The fourth-order valence-corrected chi connectivity index (χ4v) is 8.95. The summed E-state index contributed by atoms with van der Waals surface area (Å²) in [5.41, 5.74) is 5.20. The first-order valence-corrected chi connectivity index (χ1v) is 17.4. The van der Waals surface area contributed by atoms with Crippen molar-refractivity contribution in [1.82, 2.24) is 0 Å². The number of rotatable bonds is 4. The molecule has 0 amide bonds. The van der Waals surface area contributed by atoms with Crippen LogP contribution in [0.25, 0.3) is 65.3 Å². The van der Waals surface area contributed by atoms with Crippen molar-refractivity contribution in [2.45, 2.75) is 13.1 Å². The molecule has 0 nitrogen and oxygen atoms in total. The molecule has 0 fully saturated rings. The topological polar surface area (TPSA) is 0 Å². The minimum Gasteiger partial charge on any atom is -0.358 e. The third kappa shape index (κ3) is 5.25. The second-order valence-electron chi connectivity index (χ2n) is 11.9. The Morgan fingerprint density at radius 1 is 0.432 bits per heavy atom. The first-order chi connectivity index (χ1) is 20.0. The molecular formula is C42H36HfSi. The molecule has 0 aromatic heterocycles. The van der Waals surface area contributed by atoms with E-state index in [1.807, 2.05) is 0 Å². The summed E-state index contributed by atoms with van der Waals surface area (Å²) < 4.78 is 0. The van der Waals surface area contributed by atoms with Gasteiger partial charge in [0.1, 0.15) is 0 Å². The molecule has 0 heterocycles. The fraction of sp³-hybridized carbons (Fsp3) is 0.0476. The van der Waals surface area contributed by atoms with E-state index < -0.39 is 8.07 Å². The smallest absolute Gasteiger partial charge is 0.358 e. The van der Waals surface area contributed by atoms with Gasteiger partial charge < -0.3 is 14.9 Å². The average Bonchev–Trinajstić information content (AvgIpc) is 3.66. The van der Waals surface area contributed by atoms with Crippen LogP contribution in [0.2, 0.25) is 13.1 Å². The molecule has 0 saturated carbocycles. The van der Waals surface area contributed by atoms with Crippen LogP contribution in [0.15, 0.2) is 146 Å². The van der Waals surface area contributed by atoms with Crippen molar-refractivity contribution in [3.05, 3.63) is 160 Å². The van der Waals surface area contributed by atoms with E-state index in [1.165, 1.54) is 75.7 Å². The van der Waals surface area contributed by atoms with Crippen LogP contribution >= 0.6 is 0 Å². The van der Waals surface area contributed by atoms with Crippen molar-refractivity contribution in [1.29, 1.82) is 0 Å². The van der Waals surface area contributed by atoms with Gasteiger partial charge in [0, 0.05) is 0 Å². The zero-order valence-corrected chi connectivity index (χ0v) is 30.4. The molecule has 8 rings (SSSR count). The maximum absolute atomic E-state index is 2.50. The Morgan fingerprint density at radius 2 is 0.841 bits per heavy atom. The Bertz CT molecular complexity index is 2090. The van der Waals surface area contributed by atoms with Crippen LogP contribution in [0.3, 0.4) is 0 Å². The summed E-state index contributed by atoms with van der Waals surface area (Å²) in [6.07, 6.45) is 0. The molecule has 0 atom stereocenters. The van der Waals surface area contributed by atoms with Gasteiger partial charge in [0.25, 0.3) is 0 Å². The van der Waals surface area contributed by atoms with E-state index >= 15 is 0 Å². The van der Waals surface area contributed by atoms with Crippen LogP contribution in [0.5, 0.6) is 0 Å². The van der Waals surface area contributed by atoms with Gasteiger partial charge in [-0.1, -0.05) is 109 Å². The second kappa shape index (κ2) is 12.3. The Hall–Kier alpha value is -3.85. The van der Waals surface area contributed by atoms with E-state index in [1.54, 1.807) is 0 Å². The summed E-state index contributed by atoms with van der Waals surface area (Å²) in [5, 5.41) is 13.5. The Labute approximate surface area is 281 Å². The molecule has 8 aromatic rings. The molecule has 0 N–H and O–H groups in total. The molecule has 0 unspecified atom stereocenters. The molecule has 0 spiro atoms. The molecule has 0 saturated heterocycles. The molecule has 2 heteroatoms. The number of hydrogen-bond donors (Lipinski definition) is 0. The fourth-order valence-electron chi connectivity index (χ4n) is 6.57. The van der Waals surface area contributed by atoms with Crippen LogP contribution in [-0.2, 0) is 25.8 Å². The van der Waals surface area contributed by atoms with Crippen molar-refractivity contribution in [3.63, 3.8) is 0 Å². The average molecular weight is 747 g/mol. The molecule has 44 heavy (non-hydrogen) atoms. The minimum atomic E-state index is -1.96. The van der Waals surface area contributed by atoms with Crippen LogP contribution in [0.1, 0.15) is 0 Å². The molecule has 212 valence electrons.